The van der Waals surface area contributed by atoms with Gasteiger partial charge in [0, 0.05) is 38.7 Å². The van der Waals surface area contributed by atoms with Crippen molar-refractivity contribution in [2.75, 3.05) is 45.9 Å². The van der Waals surface area contributed by atoms with Crippen LogP contribution in [-0.2, 0) is 19.1 Å². The van der Waals surface area contributed by atoms with Crippen molar-refractivity contribution in [1.82, 2.24) is 15.1 Å². The number of piperazine rings is 1. The molecule has 0 bridgehead atoms. The van der Waals surface area contributed by atoms with E-state index in [4.69, 9.17) is 9.47 Å². The molecule has 3 amide bonds. The van der Waals surface area contributed by atoms with Crippen molar-refractivity contribution in [1.29, 1.82) is 0 Å². The van der Waals surface area contributed by atoms with Crippen LogP contribution in [0.2, 0.25) is 0 Å². The fourth-order valence-corrected chi connectivity index (χ4v) is 2.68. The van der Waals surface area contributed by atoms with Crippen LogP contribution in [0.25, 0.3) is 0 Å². The average Bonchev–Trinajstić information content (AvgIpc) is 2.71. The minimum Gasteiger partial charge on any atom is -0.494 e. The molecule has 2 rings (SSSR count). The summed E-state index contributed by atoms with van der Waals surface area (Å²) in [6, 6.07) is 6.52. The van der Waals surface area contributed by atoms with Gasteiger partial charge in [-0.15, -0.1) is 0 Å². The standard InChI is InChI=1S/C19H25N3O6/c1-3-27-16-6-4-15(5-7-16)19(26)20-12-18(25)28-13-17(24)22-10-8-21(9-11-22)14(2)23/h4-7H,3,8-13H2,1-2H3,(H,20,26). The third kappa shape index (κ3) is 6.26. The summed E-state index contributed by atoms with van der Waals surface area (Å²) in [5, 5.41) is 2.45. The van der Waals surface area contributed by atoms with Gasteiger partial charge in [0.05, 0.1) is 6.61 Å². The van der Waals surface area contributed by atoms with Gasteiger partial charge in [-0.2, -0.15) is 0 Å². The first kappa shape index (κ1) is 21.2. The van der Waals surface area contributed by atoms with Crippen LogP contribution in [0.5, 0.6) is 5.75 Å². The monoisotopic (exact) mass is 391 g/mol. The van der Waals surface area contributed by atoms with E-state index in [-0.39, 0.29) is 18.4 Å². The normalized spacial score (nSPS) is 13.6. The van der Waals surface area contributed by atoms with Crippen molar-refractivity contribution >= 4 is 23.7 Å². The first-order valence-electron chi connectivity index (χ1n) is 9.10. The van der Waals surface area contributed by atoms with Crippen LogP contribution in [-0.4, -0.2) is 79.4 Å². The molecule has 1 N–H and O–H groups in total. The number of ether oxygens (including phenoxy) is 2. The topological polar surface area (TPSA) is 105 Å². The Hall–Kier alpha value is -3.10. The highest BCUT2D eigenvalue weighted by atomic mass is 16.5. The van der Waals surface area contributed by atoms with Crippen molar-refractivity contribution in [3.05, 3.63) is 29.8 Å². The third-order valence-electron chi connectivity index (χ3n) is 4.26. The summed E-state index contributed by atoms with van der Waals surface area (Å²) in [6.45, 7) is 4.90. The lowest BCUT2D eigenvalue weighted by Gasteiger charge is -2.34. The number of carbonyl (C=O) groups excluding carboxylic acids is 4. The van der Waals surface area contributed by atoms with Crippen molar-refractivity contribution in [3.63, 3.8) is 0 Å². The fourth-order valence-electron chi connectivity index (χ4n) is 2.68. The maximum atomic E-state index is 12.1. The highest BCUT2D eigenvalue weighted by molar-refractivity contribution is 5.96. The van der Waals surface area contributed by atoms with Gasteiger partial charge in [0.2, 0.25) is 5.91 Å². The number of hydrogen-bond acceptors (Lipinski definition) is 6. The molecule has 9 heteroatoms. The minimum atomic E-state index is -0.699. The molecule has 28 heavy (non-hydrogen) atoms. The number of nitrogens with zero attached hydrogens (tertiary/aromatic N) is 2. The summed E-state index contributed by atoms with van der Waals surface area (Å²) in [4.78, 5) is 50.3. The van der Waals surface area contributed by atoms with E-state index in [1.807, 2.05) is 6.92 Å². The van der Waals surface area contributed by atoms with Crippen LogP contribution in [0.4, 0.5) is 0 Å². The van der Waals surface area contributed by atoms with E-state index in [9.17, 15) is 19.2 Å². The fraction of sp³-hybridized carbons (Fsp3) is 0.474. The Labute approximate surface area is 163 Å². The molecule has 0 radical (unpaired) electrons. The number of hydrogen-bond donors (Lipinski definition) is 1. The minimum absolute atomic E-state index is 0.0261. The van der Waals surface area contributed by atoms with Gasteiger partial charge < -0.3 is 24.6 Å². The van der Waals surface area contributed by atoms with Crippen LogP contribution in [0, 0.1) is 0 Å². The van der Waals surface area contributed by atoms with Gasteiger partial charge in [0.25, 0.3) is 11.8 Å². The molecule has 1 aromatic rings. The Kier molecular flexibility index (Phi) is 7.79. The Bertz CT molecular complexity index is 711. The lowest BCUT2D eigenvalue weighted by Crippen LogP contribution is -2.51. The quantitative estimate of drug-likeness (QED) is 0.659. The van der Waals surface area contributed by atoms with Crippen LogP contribution >= 0.6 is 0 Å². The SMILES string of the molecule is CCOc1ccc(C(=O)NCC(=O)OCC(=O)N2CCN(C(C)=O)CC2)cc1. The van der Waals surface area contributed by atoms with Crippen LogP contribution in [0.3, 0.4) is 0 Å². The van der Waals surface area contributed by atoms with Crippen molar-refractivity contribution in [3.8, 4) is 5.75 Å². The van der Waals surface area contributed by atoms with Gasteiger partial charge in [-0.3, -0.25) is 19.2 Å². The first-order valence-corrected chi connectivity index (χ1v) is 9.10. The molecule has 1 aliphatic heterocycles. The van der Waals surface area contributed by atoms with E-state index < -0.39 is 18.5 Å². The molecule has 1 aromatic carbocycles. The number of rotatable bonds is 7. The van der Waals surface area contributed by atoms with E-state index in [1.165, 1.54) is 6.92 Å². The number of carbonyl (C=O) groups is 4. The predicted molar refractivity (Wildman–Crippen MR) is 99.7 cm³/mol. The average molecular weight is 391 g/mol. The lowest BCUT2D eigenvalue weighted by atomic mass is 10.2. The largest absolute Gasteiger partial charge is 0.494 e. The molecule has 0 atom stereocenters. The molecule has 152 valence electrons. The molecule has 0 unspecified atom stereocenters. The number of benzene rings is 1. The molecule has 0 spiro atoms. The van der Waals surface area contributed by atoms with Crippen LogP contribution in [0.1, 0.15) is 24.2 Å². The molecule has 0 saturated carbocycles. The van der Waals surface area contributed by atoms with Gasteiger partial charge in [-0.1, -0.05) is 0 Å². The molecule has 1 heterocycles. The van der Waals surface area contributed by atoms with E-state index in [0.29, 0.717) is 44.1 Å². The Balaban J connectivity index is 1.68. The van der Waals surface area contributed by atoms with Gasteiger partial charge in [0.1, 0.15) is 12.3 Å². The second-order valence-corrected chi connectivity index (χ2v) is 6.19. The zero-order chi connectivity index (χ0) is 20.5. The molecule has 9 nitrogen and oxygen atoms in total. The molecule has 1 fully saturated rings. The number of esters is 1. The van der Waals surface area contributed by atoms with E-state index in [2.05, 4.69) is 5.32 Å². The predicted octanol–water partition coefficient (Wildman–Crippen LogP) is 0.0490. The zero-order valence-corrected chi connectivity index (χ0v) is 16.1. The van der Waals surface area contributed by atoms with Crippen molar-refractivity contribution in [2.24, 2.45) is 0 Å². The van der Waals surface area contributed by atoms with E-state index >= 15 is 0 Å². The van der Waals surface area contributed by atoms with Crippen molar-refractivity contribution < 1.29 is 28.7 Å². The highest BCUT2D eigenvalue weighted by Gasteiger charge is 2.23. The van der Waals surface area contributed by atoms with Gasteiger partial charge in [0.15, 0.2) is 6.61 Å². The molecule has 1 aliphatic rings. The summed E-state index contributed by atoms with van der Waals surface area (Å²) < 4.78 is 10.2. The molecule has 1 saturated heterocycles. The van der Waals surface area contributed by atoms with E-state index in [1.54, 1.807) is 34.1 Å². The lowest BCUT2D eigenvalue weighted by molar-refractivity contribution is -0.152. The third-order valence-corrected chi connectivity index (χ3v) is 4.26. The summed E-state index contributed by atoms with van der Waals surface area (Å²) in [7, 11) is 0. The second kappa shape index (κ2) is 10.3. The summed E-state index contributed by atoms with van der Waals surface area (Å²) in [5.41, 5.74) is 0.385. The van der Waals surface area contributed by atoms with Crippen LogP contribution in [0.15, 0.2) is 24.3 Å². The summed E-state index contributed by atoms with van der Waals surface area (Å²) >= 11 is 0. The summed E-state index contributed by atoms with van der Waals surface area (Å²) in [6.07, 6.45) is 0. The Morgan fingerprint density at radius 1 is 1.00 bits per heavy atom. The smallest absolute Gasteiger partial charge is 0.325 e. The van der Waals surface area contributed by atoms with Gasteiger partial charge in [-0.25, -0.2) is 0 Å². The second-order valence-electron chi connectivity index (χ2n) is 6.19. The van der Waals surface area contributed by atoms with E-state index in [0.717, 1.165) is 0 Å². The Morgan fingerprint density at radius 2 is 1.61 bits per heavy atom. The maximum absolute atomic E-state index is 12.1. The van der Waals surface area contributed by atoms with Gasteiger partial charge in [-0.05, 0) is 31.2 Å². The summed E-state index contributed by atoms with van der Waals surface area (Å²) in [5.74, 6) is -0.820. The number of amides is 3. The molecular formula is C19H25N3O6. The maximum Gasteiger partial charge on any atom is 0.325 e. The first-order chi connectivity index (χ1) is 13.4. The molecular weight excluding hydrogens is 366 g/mol. The molecule has 0 aliphatic carbocycles. The van der Waals surface area contributed by atoms with Crippen molar-refractivity contribution in [2.45, 2.75) is 13.8 Å². The van der Waals surface area contributed by atoms with Gasteiger partial charge >= 0.3 is 5.97 Å². The highest BCUT2D eigenvalue weighted by Crippen LogP contribution is 2.11. The number of nitrogens with one attached hydrogen (secondary N) is 1. The Morgan fingerprint density at radius 3 is 2.18 bits per heavy atom. The van der Waals surface area contributed by atoms with Crippen LogP contribution < -0.4 is 10.1 Å². The molecule has 0 aromatic heterocycles. The zero-order valence-electron chi connectivity index (χ0n) is 16.1.